The highest BCUT2D eigenvalue weighted by atomic mass is 16.4. The Labute approximate surface area is 105 Å². The molecule has 0 spiro atoms. The molecule has 2 N–H and O–H groups in total. The number of hydrogen-bond donors (Lipinski definition) is 2. The monoisotopic (exact) mass is 246 g/mol. The second-order valence-electron chi connectivity index (χ2n) is 4.20. The number of hydrogen-bond acceptors (Lipinski definition) is 3. The number of aromatic nitrogens is 1. The Bertz CT molecular complexity index is 470. The standard InChI is InChI=1S/C13H14N2O3/c16-12(15-11-7-3-4-8-14-11)9-5-1-2-6-10(9)13(17)18/h1-4,7-10H,5-6H2,(H,17,18)(H,14,15,16)/t9-,10+/m1/s1. The lowest BCUT2D eigenvalue weighted by Gasteiger charge is -2.23. The number of aliphatic carboxylic acids is 1. The molecule has 94 valence electrons. The molecule has 0 fully saturated rings. The van der Waals surface area contributed by atoms with E-state index >= 15 is 0 Å². The molecule has 5 heteroatoms. The first-order valence-electron chi connectivity index (χ1n) is 5.78. The van der Waals surface area contributed by atoms with Crippen molar-refractivity contribution in [2.24, 2.45) is 11.8 Å². The number of nitrogens with zero attached hydrogens (tertiary/aromatic N) is 1. The number of carboxylic acids is 1. The zero-order valence-electron chi connectivity index (χ0n) is 9.74. The topological polar surface area (TPSA) is 79.3 Å². The third-order valence-electron chi connectivity index (χ3n) is 3.00. The number of carboxylic acid groups (broad SMARTS) is 1. The maximum atomic E-state index is 12.0. The Hall–Kier alpha value is -2.17. The van der Waals surface area contributed by atoms with Crippen molar-refractivity contribution in [2.75, 3.05) is 5.32 Å². The molecular weight excluding hydrogens is 232 g/mol. The van der Waals surface area contributed by atoms with Gasteiger partial charge in [0.15, 0.2) is 0 Å². The maximum absolute atomic E-state index is 12.0. The average molecular weight is 246 g/mol. The van der Waals surface area contributed by atoms with Gasteiger partial charge < -0.3 is 10.4 Å². The van der Waals surface area contributed by atoms with Crippen molar-refractivity contribution in [3.63, 3.8) is 0 Å². The highest BCUT2D eigenvalue weighted by Gasteiger charge is 2.33. The first kappa shape index (κ1) is 12.3. The molecule has 0 saturated heterocycles. The molecule has 0 unspecified atom stereocenters. The smallest absolute Gasteiger partial charge is 0.307 e. The minimum Gasteiger partial charge on any atom is -0.481 e. The molecule has 0 radical (unpaired) electrons. The van der Waals surface area contributed by atoms with Crippen molar-refractivity contribution in [2.45, 2.75) is 12.8 Å². The molecule has 1 aliphatic carbocycles. The molecule has 5 nitrogen and oxygen atoms in total. The van der Waals surface area contributed by atoms with Gasteiger partial charge in [-0.2, -0.15) is 0 Å². The SMILES string of the molecule is O=C(O)[C@H]1CC=CC[C@H]1C(=O)Nc1ccccn1. The summed E-state index contributed by atoms with van der Waals surface area (Å²) in [6.07, 6.45) is 6.09. The van der Waals surface area contributed by atoms with Gasteiger partial charge >= 0.3 is 5.97 Å². The van der Waals surface area contributed by atoms with Crippen LogP contribution in [0.1, 0.15) is 12.8 Å². The lowest BCUT2D eigenvalue weighted by Crippen LogP contribution is -2.34. The van der Waals surface area contributed by atoms with E-state index in [2.05, 4.69) is 10.3 Å². The van der Waals surface area contributed by atoms with Crippen molar-refractivity contribution in [1.29, 1.82) is 0 Å². The van der Waals surface area contributed by atoms with Crippen LogP contribution in [0.4, 0.5) is 5.82 Å². The number of anilines is 1. The van der Waals surface area contributed by atoms with Crippen LogP contribution in [-0.2, 0) is 9.59 Å². The molecule has 1 heterocycles. The van der Waals surface area contributed by atoms with Crippen LogP contribution in [0.25, 0.3) is 0 Å². The van der Waals surface area contributed by atoms with Gasteiger partial charge in [-0.1, -0.05) is 18.2 Å². The summed E-state index contributed by atoms with van der Waals surface area (Å²) >= 11 is 0. The molecule has 0 saturated carbocycles. The number of nitrogens with one attached hydrogen (secondary N) is 1. The lowest BCUT2D eigenvalue weighted by molar-refractivity contribution is -0.146. The fourth-order valence-corrected chi connectivity index (χ4v) is 2.03. The van der Waals surface area contributed by atoms with E-state index in [4.69, 9.17) is 5.11 Å². The summed E-state index contributed by atoms with van der Waals surface area (Å²) in [5.74, 6) is -1.96. The predicted molar refractivity (Wildman–Crippen MR) is 65.9 cm³/mol. The van der Waals surface area contributed by atoms with Gasteiger partial charge in [0.05, 0.1) is 11.8 Å². The first-order valence-corrected chi connectivity index (χ1v) is 5.78. The lowest BCUT2D eigenvalue weighted by atomic mass is 9.82. The van der Waals surface area contributed by atoms with E-state index < -0.39 is 17.8 Å². The molecule has 2 rings (SSSR count). The Morgan fingerprint density at radius 1 is 1.22 bits per heavy atom. The van der Waals surface area contributed by atoms with E-state index in [0.29, 0.717) is 18.7 Å². The Morgan fingerprint density at radius 3 is 2.56 bits per heavy atom. The van der Waals surface area contributed by atoms with Crippen LogP contribution in [0.2, 0.25) is 0 Å². The predicted octanol–water partition coefficient (Wildman–Crippen LogP) is 1.69. The van der Waals surface area contributed by atoms with E-state index in [1.165, 1.54) is 0 Å². The van der Waals surface area contributed by atoms with Crippen molar-refractivity contribution in [3.8, 4) is 0 Å². The zero-order valence-corrected chi connectivity index (χ0v) is 9.74. The van der Waals surface area contributed by atoms with E-state index in [1.54, 1.807) is 24.4 Å². The normalized spacial score (nSPS) is 22.4. The highest BCUT2D eigenvalue weighted by Crippen LogP contribution is 2.26. The van der Waals surface area contributed by atoms with Gasteiger partial charge in [0, 0.05) is 6.20 Å². The second-order valence-corrected chi connectivity index (χ2v) is 4.20. The van der Waals surface area contributed by atoms with Crippen molar-refractivity contribution in [3.05, 3.63) is 36.5 Å². The summed E-state index contributed by atoms with van der Waals surface area (Å²) in [5, 5.41) is 11.7. The fourth-order valence-electron chi connectivity index (χ4n) is 2.03. The van der Waals surface area contributed by atoms with Crippen LogP contribution in [-0.4, -0.2) is 22.0 Å². The van der Waals surface area contributed by atoms with Gasteiger partial charge in [0.25, 0.3) is 0 Å². The molecule has 18 heavy (non-hydrogen) atoms. The summed E-state index contributed by atoms with van der Waals surface area (Å²) in [6.45, 7) is 0. The summed E-state index contributed by atoms with van der Waals surface area (Å²) in [7, 11) is 0. The summed E-state index contributed by atoms with van der Waals surface area (Å²) < 4.78 is 0. The van der Waals surface area contributed by atoms with Gasteiger partial charge in [-0.3, -0.25) is 9.59 Å². The van der Waals surface area contributed by atoms with Gasteiger partial charge in [-0.15, -0.1) is 0 Å². The summed E-state index contributed by atoms with van der Waals surface area (Å²) in [4.78, 5) is 27.1. The minimum atomic E-state index is -0.930. The van der Waals surface area contributed by atoms with Crippen molar-refractivity contribution in [1.82, 2.24) is 4.98 Å². The van der Waals surface area contributed by atoms with Crippen LogP contribution in [0.3, 0.4) is 0 Å². The van der Waals surface area contributed by atoms with Gasteiger partial charge in [-0.25, -0.2) is 4.98 Å². The molecule has 0 aromatic carbocycles. The fraction of sp³-hybridized carbons (Fsp3) is 0.308. The number of carbonyl (C=O) groups excluding carboxylic acids is 1. The van der Waals surface area contributed by atoms with E-state index in [0.717, 1.165) is 0 Å². The van der Waals surface area contributed by atoms with Crippen LogP contribution in [0.5, 0.6) is 0 Å². The molecule has 0 bridgehead atoms. The van der Waals surface area contributed by atoms with Crippen LogP contribution >= 0.6 is 0 Å². The maximum Gasteiger partial charge on any atom is 0.307 e. The van der Waals surface area contributed by atoms with Crippen LogP contribution in [0.15, 0.2) is 36.5 Å². The van der Waals surface area contributed by atoms with Crippen LogP contribution < -0.4 is 5.32 Å². The zero-order chi connectivity index (χ0) is 13.0. The van der Waals surface area contributed by atoms with Crippen molar-refractivity contribution < 1.29 is 14.7 Å². The number of amides is 1. The quantitative estimate of drug-likeness (QED) is 0.795. The van der Waals surface area contributed by atoms with Gasteiger partial charge in [0.1, 0.15) is 5.82 Å². The number of carbonyl (C=O) groups is 2. The molecular formula is C13H14N2O3. The minimum absolute atomic E-state index is 0.287. The molecule has 0 aliphatic heterocycles. The highest BCUT2D eigenvalue weighted by molar-refractivity contribution is 5.94. The molecule has 1 aromatic rings. The Balaban J connectivity index is 2.08. The number of pyridine rings is 1. The summed E-state index contributed by atoms with van der Waals surface area (Å²) in [6, 6.07) is 5.18. The van der Waals surface area contributed by atoms with Gasteiger partial charge in [-0.05, 0) is 25.0 Å². The second kappa shape index (κ2) is 5.44. The Kier molecular flexibility index (Phi) is 3.72. The molecule has 1 aliphatic rings. The third kappa shape index (κ3) is 2.74. The van der Waals surface area contributed by atoms with Crippen molar-refractivity contribution >= 4 is 17.7 Å². The first-order chi connectivity index (χ1) is 8.68. The van der Waals surface area contributed by atoms with Crippen LogP contribution in [0, 0.1) is 11.8 Å². The van der Waals surface area contributed by atoms with E-state index in [1.807, 2.05) is 12.2 Å². The molecule has 1 aromatic heterocycles. The van der Waals surface area contributed by atoms with E-state index in [-0.39, 0.29) is 5.91 Å². The van der Waals surface area contributed by atoms with Gasteiger partial charge in [0.2, 0.25) is 5.91 Å². The average Bonchev–Trinajstić information content (AvgIpc) is 2.40. The number of allylic oxidation sites excluding steroid dienone is 2. The largest absolute Gasteiger partial charge is 0.481 e. The molecule has 1 amide bonds. The van der Waals surface area contributed by atoms with E-state index in [9.17, 15) is 9.59 Å². The number of rotatable bonds is 3. The third-order valence-corrected chi connectivity index (χ3v) is 3.00. The molecule has 2 atom stereocenters. The summed E-state index contributed by atoms with van der Waals surface area (Å²) in [5.41, 5.74) is 0. The Morgan fingerprint density at radius 2 is 1.94 bits per heavy atom.